The van der Waals surface area contributed by atoms with E-state index in [0.717, 1.165) is 0 Å². The highest BCUT2D eigenvalue weighted by Crippen LogP contribution is 2.47. The number of hydrogen-bond donors (Lipinski definition) is 2. The lowest BCUT2D eigenvalue weighted by atomic mass is 9.86. The third-order valence-electron chi connectivity index (χ3n) is 5.85. The molecule has 1 unspecified atom stereocenters. The molecule has 35 heavy (non-hydrogen) atoms. The third kappa shape index (κ3) is 5.53. The van der Waals surface area contributed by atoms with E-state index < -0.39 is 54.0 Å². The number of carbonyl (C=O) groups excluding carboxylic acids is 2. The number of aliphatic imine (C=N–C) groups is 1. The molecule has 1 aromatic rings. The SMILES string of the molecule is CNc1nc(N)nc2c1N=CC2[C@@H]1O[C@H](COC(=O)C(C)C)[C@@H](OCOC(=O)C(C)(C)C)[C@@]1(C)F. The van der Waals surface area contributed by atoms with Crippen molar-refractivity contribution in [2.45, 2.75) is 71.4 Å². The van der Waals surface area contributed by atoms with Crippen LogP contribution in [0.4, 0.5) is 21.8 Å². The van der Waals surface area contributed by atoms with Crippen LogP contribution in [0.5, 0.6) is 0 Å². The molecule has 1 saturated heterocycles. The summed E-state index contributed by atoms with van der Waals surface area (Å²) in [5.74, 6) is -1.61. The normalized spacial score (nSPS) is 27.7. The van der Waals surface area contributed by atoms with Crippen LogP contribution in [0.15, 0.2) is 4.99 Å². The summed E-state index contributed by atoms with van der Waals surface area (Å²) in [5, 5.41) is 2.90. The van der Waals surface area contributed by atoms with Crippen molar-refractivity contribution < 1.29 is 32.9 Å². The second-order valence-corrected chi connectivity index (χ2v) is 10.1. The molecule has 1 aromatic heterocycles. The molecule has 3 N–H and O–H groups in total. The first-order valence-electron chi connectivity index (χ1n) is 11.5. The van der Waals surface area contributed by atoms with E-state index in [4.69, 9.17) is 24.7 Å². The highest BCUT2D eigenvalue weighted by atomic mass is 19.1. The predicted molar refractivity (Wildman–Crippen MR) is 126 cm³/mol. The molecule has 0 aliphatic carbocycles. The number of nitrogens with two attached hydrogens (primary N) is 1. The Kier molecular flexibility index (Phi) is 7.65. The van der Waals surface area contributed by atoms with Gasteiger partial charge in [0.1, 0.15) is 30.6 Å². The maximum Gasteiger partial charge on any atom is 0.313 e. The minimum atomic E-state index is -2.10. The summed E-state index contributed by atoms with van der Waals surface area (Å²) in [7, 11) is 1.66. The van der Waals surface area contributed by atoms with Gasteiger partial charge in [0.25, 0.3) is 0 Å². The van der Waals surface area contributed by atoms with E-state index in [1.54, 1.807) is 41.7 Å². The van der Waals surface area contributed by atoms with Gasteiger partial charge in [0.05, 0.1) is 22.9 Å². The van der Waals surface area contributed by atoms with Crippen LogP contribution >= 0.6 is 0 Å². The Morgan fingerprint density at radius 3 is 2.57 bits per heavy atom. The van der Waals surface area contributed by atoms with Crippen LogP contribution in [0.1, 0.15) is 53.2 Å². The Morgan fingerprint density at radius 2 is 1.97 bits per heavy atom. The van der Waals surface area contributed by atoms with Crippen molar-refractivity contribution in [2.75, 3.05) is 31.5 Å². The number of ether oxygens (including phenoxy) is 4. The van der Waals surface area contributed by atoms with Crippen molar-refractivity contribution in [3.05, 3.63) is 5.69 Å². The van der Waals surface area contributed by atoms with Crippen molar-refractivity contribution >= 4 is 35.6 Å². The Labute approximate surface area is 204 Å². The van der Waals surface area contributed by atoms with Crippen LogP contribution in [0.2, 0.25) is 0 Å². The molecule has 0 amide bonds. The quantitative estimate of drug-likeness (QED) is 0.407. The first kappa shape index (κ1) is 26.7. The fourth-order valence-corrected chi connectivity index (χ4v) is 3.93. The zero-order valence-electron chi connectivity index (χ0n) is 21.1. The molecular weight excluding hydrogens is 461 g/mol. The number of aromatic nitrogens is 2. The summed E-state index contributed by atoms with van der Waals surface area (Å²) in [6.45, 7) is 9.07. The minimum Gasteiger partial charge on any atom is -0.463 e. The number of carbonyl (C=O) groups is 2. The predicted octanol–water partition coefficient (Wildman–Crippen LogP) is 2.53. The van der Waals surface area contributed by atoms with Crippen molar-refractivity contribution in [2.24, 2.45) is 16.3 Å². The molecule has 5 atom stereocenters. The maximum atomic E-state index is 16.4. The topological polar surface area (TPSA) is 147 Å². The van der Waals surface area contributed by atoms with Crippen molar-refractivity contribution in [1.82, 2.24) is 9.97 Å². The molecule has 11 nitrogen and oxygen atoms in total. The number of anilines is 2. The van der Waals surface area contributed by atoms with Gasteiger partial charge in [-0.3, -0.25) is 14.6 Å². The number of hydrogen-bond acceptors (Lipinski definition) is 11. The highest BCUT2D eigenvalue weighted by Gasteiger charge is 2.59. The lowest BCUT2D eigenvalue weighted by Crippen LogP contribution is -2.46. The van der Waals surface area contributed by atoms with Crippen molar-refractivity contribution in [3.63, 3.8) is 0 Å². The zero-order valence-corrected chi connectivity index (χ0v) is 21.1. The van der Waals surface area contributed by atoms with Gasteiger partial charge in [-0.2, -0.15) is 4.98 Å². The second-order valence-electron chi connectivity index (χ2n) is 10.1. The molecule has 0 radical (unpaired) electrons. The molecule has 0 spiro atoms. The van der Waals surface area contributed by atoms with Gasteiger partial charge in [0.2, 0.25) is 5.95 Å². The van der Waals surface area contributed by atoms with Gasteiger partial charge < -0.3 is 30.0 Å². The number of alkyl halides is 1. The van der Waals surface area contributed by atoms with Crippen LogP contribution in [0, 0.1) is 11.3 Å². The van der Waals surface area contributed by atoms with Crippen molar-refractivity contribution in [3.8, 4) is 0 Å². The molecule has 2 aliphatic rings. The number of nitrogen functional groups attached to an aromatic ring is 1. The fraction of sp³-hybridized carbons (Fsp3) is 0.696. The van der Waals surface area contributed by atoms with E-state index in [9.17, 15) is 9.59 Å². The van der Waals surface area contributed by atoms with E-state index in [2.05, 4.69) is 20.3 Å². The minimum absolute atomic E-state index is 0.00599. The number of halogens is 1. The second kappa shape index (κ2) is 10.0. The zero-order chi connectivity index (χ0) is 26.1. The molecular formula is C23H34FN5O6. The fourth-order valence-electron chi connectivity index (χ4n) is 3.93. The van der Waals surface area contributed by atoms with Gasteiger partial charge in [-0.25, -0.2) is 9.37 Å². The molecule has 3 heterocycles. The van der Waals surface area contributed by atoms with E-state index >= 15 is 4.39 Å². The Balaban J connectivity index is 1.85. The summed E-state index contributed by atoms with van der Waals surface area (Å²) in [4.78, 5) is 36.9. The Bertz CT molecular complexity index is 993. The van der Waals surface area contributed by atoms with Gasteiger partial charge >= 0.3 is 11.9 Å². The summed E-state index contributed by atoms with van der Waals surface area (Å²) in [5.41, 5.74) is 3.85. The van der Waals surface area contributed by atoms with Gasteiger partial charge in [-0.15, -0.1) is 0 Å². The molecule has 0 aromatic carbocycles. The van der Waals surface area contributed by atoms with E-state index in [1.807, 2.05) is 0 Å². The number of nitrogens with zero attached hydrogens (tertiary/aromatic N) is 3. The Morgan fingerprint density at radius 1 is 1.29 bits per heavy atom. The lowest BCUT2D eigenvalue weighted by molar-refractivity contribution is -0.180. The molecule has 194 valence electrons. The number of fused-ring (bicyclic) bond motifs is 1. The first-order valence-corrected chi connectivity index (χ1v) is 11.5. The van der Waals surface area contributed by atoms with Crippen LogP contribution in [-0.2, 0) is 28.5 Å². The number of nitrogens with one attached hydrogen (secondary N) is 1. The molecule has 3 rings (SSSR count). The summed E-state index contributed by atoms with van der Waals surface area (Å²) in [6.07, 6.45) is -1.74. The first-order chi connectivity index (χ1) is 16.3. The molecule has 0 bridgehead atoms. The highest BCUT2D eigenvalue weighted by molar-refractivity contribution is 5.85. The average molecular weight is 496 g/mol. The summed E-state index contributed by atoms with van der Waals surface area (Å²) >= 11 is 0. The van der Waals surface area contributed by atoms with Gasteiger partial charge in [0, 0.05) is 13.3 Å². The number of rotatable bonds is 8. The Hall–Kier alpha value is -2.86. The largest absolute Gasteiger partial charge is 0.463 e. The van der Waals surface area contributed by atoms with E-state index in [-0.39, 0.29) is 18.5 Å². The molecule has 0 saturated carbocycles. The molecule has 1 fully saturated rings. The van der Waals surface area contributed by atoms with E-state index in [0.29, 0.717) is 17.2 Å². The summed E-state index contributed by atoms with van der Waals surface area (Å²) < 4.78 is 38.6. The van der Waals surface area contributed by atoms with Gasteiger partial charge in [0.15, 0.2) is 18.3 Å². The lowest BCUT2D eigenvalue weighted by Gasteiger charge is -2.29. The standard InChI is InChI=1S/C23H34FN5O6/c1-11(2)19(30)32-9-13-17(33-10-34-20(31)22(3,4)5)23(6,24)16(35-13)12-8-27-15-14(12)28-21(25)29-18(15)26-7/h8,11-13,16-17H,9-10H2,1-7H3,(H3,25,26,28,29)/t12?,13-,16+,17-,23+/m1/s1. The van der Waals surface area contributed by atoms with Crippen LogP contribution < -0.4 is 11.1 Å². The maximum absolute atomic E-state index is 16.4. The number of esters is 2. The average Bonchev–Trinajstić information content (AvgIpc) is 3.28. The monoisotopic (exact) mass is 495 g/mol. The van der Waals surface area contributed by atoms with Gasteiger partial charge in [-0.1, -0.05) is 13.8 Å². The third-order valence-corrected chi connectivity index (χ3v) is 5.85. The molecule has 2 aliphatic heterocycles. The molecule has 12 heteroatoms. The van der Waals surface area contributed by atoms with Crippen LogP contribution in [0.3, 0.4) is 0 Å². The smallest absolute Gasteiger partial charge is 0.313 e. The van der Waals surface area contributed by atoms with E-state index in [1.165, 1.54) is 13.1 Å². The summed E-state index contributed by atoms with van der Waals surface area (Å²) in [6, 6.07) is 0. The van der Waals surface area contributed by atoms with Crippen molar-refractivity contribution in [1.29, 1.82) is 0 Å². The van der Waals surface area contributed by atoms with Crippen LogP contribution in [0.25, 0.3) is 0 Å². The van der Waals surface area contributed by atoms with Crippen LogP contribution in [-0.4, -0.2) is 72.5 Å². The van der Waals surface area contributed by atoms with Gasteiger partial charge in [-0.05, 0) is 27.7 Å².